The summed E-state index contributed by atoms with van der Waals surface area (Å²) in [5, 5.41) is 0. The van der Waals surface area contributed by atoms with E-state index in [1.807, 2.05) is 12.1 Å². The fourth-order valence-electron chi connectivity index (χ4n) is 2.55. The molecule has 0 radical (unpaired) electrons. The predicted octanol–water partition coefficient (Wildman–Crippen LogP) is 5.02. The average Bonchev–Trinajstić information content (AvgIpc) is 2.46. The first-order valence-electron chi connectivity index (χ1n) is 8.31. The minimum atomic E-state index is -3.12. The van der Waals surface area contributed by atoms with Crippen molar-refractivity contribution in [3.63, 3.8) is 0 Å². The number of unbranched alkanes of at least 4 members (excludes halogenated alkanes) is 2. The molecular weight excluding hydrogens is 280 g/mol. The van der Waals surface area contributed by atoms with Crippen molar-refractivity contribution in [3.8, 4) is 0 Å². The fraction of sp³-hybridized carbons (Fsp3) is 0.667. The number of hydrogen-bond donors (Lipinski definition) is 0. The van der Waals surface area contributed by atoms with Crippen LogP contribution in [-0.4, -0.2) is 14.2 Å². The summed E-state index contributed by atoms with van der Waals surface area (Å²) in [6.07, 6.45) is 7.64. The van der Waals surface area contributed by atoms with E-state index < -0.39 is 9.84 Å². The molecule has 120 valence electrons. The van der Waals surface area contributed by atoms with Crippen LogP contribution in [-0.2, 0) is 16.3 Å². The minimum Gasteiger partial charge on any atom is -0.224 e. The Labute approximate surface area is 130 Å². The van der Waals surface area contributed by atoms with E-state index in [1.54, 1.807) is 12.1 Å². The van der Waals surface area contributed by atoms with Gasteiger partial charge in [-0.3, -0.25) is 0 Å². The van der Waals surface area contributed by atoms with Gasteiger partial charge < -0.3 is 0 Å². The second-order valence-corrected chi connectivity index (χ2v) is 8.21. The molecule has 1 aromatic rings. The molecule has 0 spiro atoms. The average molecular weight is 311 g/mol. The highest BCUT2D eigenvalue weighted by atomic mass is 32.2. The van der Waals surface area contributed by atoms with Gasteiger partial charge in [0.2, 0.25) is 0 Å². The van der Waals surface area contributed by atoms with Gasteiger partial charge in [-0.05, 0) is 42.9 Å². The smallest absolute Gasteiger partial charge is 0.178 e. The Bertz CT molecular complexity index is 488. The molecule has 1 atom stereocenters. The lowest BCUT2D eigenvalue weighted by molar-refractivity contribution is 0.503. The molecule has 1 rings (SSSR count). The van der Waals surface area contributed by atoms with Crippen molar-refractivity contribution in [1.29, 1.82) is 0 Å². The first-order chi connectivity index (χ1) is 9.99. The van der Waals surface area contributed by atoms with Crippen LogP contribution in [0.15, 0.2) is 29.2 Å². The highest BCUT2D eigenvalue weighted by molar-refractivity contribution is 7.91. The Kier molecular flexibility index (Phi) is 8.02. The normalized spacial score (nSPS) is 13.3. The molecule has 0 aliphatic heterocycles. The van der Waals surface area contributed by atoms with Crippen molar-refractivity contribution >= 4 is 9.84 Å². The Morgan fingerprint density at radius 2 is 1.62 bits per heavy atom. The molecule has 0 aliphatic carbocycles. The van der Waals surface area contributed by atoms with Crippen LogP contribution in [0.1, 0.15) is 64.9 Å². The van der Waals surface area contributed by atoms with Gasteiger partial charge >= 0.3 is 0 Å². The molecule has 0 saturated heterocycles. The molecular formula is C18H30O2S. The maximum Gasteiger partial charge on any atom is 0.178 e. The number of sulfone groups is 1. The summed E-state index contributed by atoms with van der Waals surface area (Å²) in [7, 11) is -3.12. The molecule has 1 aromatic carbocycles. The summed E-state index contributed by atoms with van der Waals surface area (Å²) in [5.74, 6) is 0.752. The van der Waals surface area contributed by atoms with Crippen molar-refractivity contribution in [3.05, 3.63) is 29.8 Å². The number of aryl methyl sites for hydroxylation is 1. The summed E-state index contributed by atoms with van der Waals surface area (Å²) in [4.78, 5) is 0.477. The summed E-state index contributed by atoms with van der Waals surface area (Å²) in [5.41, 5.74) is 1.24. The van der Waals surface area contributed by atoms with Gasteiger partial charge in [0.05, 0.1) is 10.6 Å². The molecule has 0 aromatic heterocycles. The maximum atomic E-state index is 12.3. The summed E-state index contributed by atoms with van der Waals surface area (Å²) >= 11 is 0. The van der Waals surface area contributed by atoms with E-state index >= 15 is 0 Å². The van der Waals surface area contributed by atoms with E-state index in [1.165, 1.54) is 24.8 Å². The van der Waals surface area contributed by atoms with E-state index in [0.717, 1.165) is 25.7 Å². The zero-order chi connectivity index (χ0) is 15.7. The van der Waals surface area contributed by atoms with Crippen molar-refractivity contribution in [2.24, 2.45) is 5.92 Å². The third kappa shape index (κ3) is 6.64. The van der Waals surface area contributed by atoms with Crippen molar-refractivity contribution in [1.82, 2.24) is 0 Å². The minimum absolute atomic E-state index is 0.267. The van der Waals surface area contributed by atoms with E-state index in [-0.39, 0.29) is 5.75 Å². The van der Waals surface area contributed by atoms with Crippen molar-refractivity contribution in [2.45, 2.75) is 70.6 Å². The van der Waals surface area contributed by atoms with Crippen LogP contribution in [0.2, 0.25) is 0 Å². The van der Waals surface area contributed by atoms with Gasteiger partial charge in [-0.2, -0.15) is 0 Å². The second-order valence-electron chi connectivity index (χ2n) is 6.10. The van der Waals surface area contributed by atoms with Gasteiger partial charge in [-0.15, -0.1) is 0 Å². The van der Waals surface area contributed by atoms with Crippen LogP contribution in [0.5, 0.6) is 0 Å². The maximum absolute atomic E-state index is 12.3. The Balaban J connectivity index is 2.58. The van der Waals surface area contributed by atoms with Crippen LogP contribution in [0.3, 0.4) is 0 Å². The van der Waals surface area contributed by atoms with E-state index in [4.69, 9.17) is 0 Å². The van der Waals surface area contributed by atoms with E-state index in [2.05, 4.69) is 20.8 Å². The number of rotatable bonds is 10. The molecule has 21 heavy (non-hydrogen) atoms. The Hall–Kier alpha value is -0.830. The monoisotopic (exact) mass is 310 g/mol. The zero-order valence-electron chi connectivity index (χ0n) is 13.8. The molecule has 0 bridgehead atoms. The number of hydrogen-bond acceptors (Lipinski definition) is 2. The number of benzene rings is 1. The van der Waals surface area contributed by atoms with Gasteiger partial charge in [-0.1, -0.05) is 58.6 Å². The highest BCUT2D eigenvalue weighted by Crippen LogP contribution is 2.18. The first-order valence-corrected chi connectivity index (χ1v) is 9.96. The Morgan fingerprint density at radius 3 is 2.19 bits per heavy atom. The van der Waals surface area contributed by atoms with Gasteiger partial charge in [0.1, 0.15) is 0 Å². The molecule has 1 unspecified atom stereocenters. The first kappa shape index (κ1) is 18.2. The predicted molar refractivity (Wildman–Crippen MR) is 90.4 cm³/mol. The van der Waals surface area contributed by atoms with E-state index in [0.29, 0.717) is 10.8 Å². The lowest BCUT2D eigenvalue weighted by Crippen LogP contribution is -2.10. The van der Waals surface area contributed by atoms with E-state index in [9.17, 15) is 8.42 Å². The van der Waals surface area contributed by atoms with Gasteiger partial charge in [0, 0.05) is 0 Å². The molecule has 0 aliphatic rings. The molecule has 0 saturated carbocycles. The third-order valence-electron chi connectivity index (χ3n) is 4.01. The largest absolute Gasteiger partial charge is 0.224 e. The second kappa shape index (κ2) is 9.24. The van der Waals surface area contributed by atoms with Crippen LogP contribution >= 0.6 is 0 Å². The molecule has 3 heteroatoms. The van der Waals surface area contributed by atoms with Crippen LogP contribution in [0.25, 0.3) is 0 Å². The molecule has 0 fully saturated rings. The SMILES string of the molecule is CCCCCc1ccc(S(=O)(=O)CCC(C)CCC)cc1. The standard InChI is InChI=1S/C18H30O2S/c1-4-6-7-9-17-10-12-18(13-11-17)21(19,20)15-14-16(3)8-5-2/h10-13,16H,4-9,14-15H2,1-3H3. The summed E-state index contributed by atoms with van der Waals surface area (Å²) in [6, 6.07) is 7.50. The Morgan fingerprint density at radius 1 is 0.952 bits per heavy atom. The van der Waals surface area contributed by atoms with Gasteiger partial charge in [0.15, 0.2) is 9.84 Å². The fourth-order valence-corrected chi connectivity index (χ4v) is 4.05. The molecule has 0 heterocycles. The summed E-state index contributed by atoms with van der Waals surface area (Å²) in [6.45, 7) is 6.47. The summed E-state index contributed by atoms with van der Waals surface area (Å²) < 4.78 is 24.6. The lowest BCUT2D eigenvalue weighted by Gasteiger charge is -2.10. The molecule has 2 nitrogen and oxygen atoms in total. The third-order valence-corrected chi connectivity index (χ3v) is 5.78. The van der Waals surface area contributed by atoms with Crippen LogP contribution < -0.4 is 0 Å². The van der Waals surface area contributed by atoms with Crippen molar-refractivity contribution in [2.75, 3.05) is 5.75 Å². The van der Waals surface area contributed by atoms with Gasteiger partial charge in [-0.25, -0.2) is 8.42 Å². The molecule has 0 N–H and O–H groups in total. The highest BCUT2D eigenvalue weighted by Gasteiger charge is 2.15. The quantitative estimate of drug-likeness (QED) is 0.569. The molecule has 0 amide bonds. The zero-order valence-corrected chi connectivity index (χ0v) is 14.6. The lowest BCUT2D eigenvalue weighted by atomic mass is 10.0. The van der Waals surface area contributed by atoms with Crippen molar-refractivity contribution < 1.29 is 8.42 Å². The van der Waals surface area contributed by atoms with Crippen LogP contribution in [0, 0.1) is 5.92 Å². The van der Waals surface area contributed by atoms with Gasteiger partial charge in [0.25, 0.3) is 0 Å². The van der Waals surface area contributed by atoms with Crippen LogP contribution in [0.4, 0.5) is 0 Å². The topological polar surface area (TPSA) is 34.1 Å².